The number of rotatable bonds is 6. The number of aldehydes is 1. The van der Waals surface area contributed by atoms with Gasteiger partial charge in [-0.05, 0) is 18.2 Å². The van der Waals surface area contributed by atoms with E-state index in [-0.39, 0.29) is 11.3 Å². The minimum Gasteiger partial charge on any atom is -0.445 e. The Morgan fingerprint density at radius 1 is 0.862 bits per heavy atom. The third kappa shape index (κ3) is 3.71. The van der Waals surface area contributed by atoms with Crippen LogP contribution in [0.15, 0.2) is 85.1 Å². The number of benzene rings is 3. The number of carbonyl (C=O) groups excluding carboxylic acids is 3. The first kappa shape index (κ1) is 18.4. The Labute approximate surface area is 166 Å². The van der Waals surface area contributed by atoms with E-state index in [4.69, 9.17) is 4.74 Å². The molecule has 5 heteroatoms. The number of aromatic nitrogens is 1. The van der Waals surface area contributed by atoms with E-state index in [1.165, 1.54) is 24.3 Å². The minimum atomic E-state index is -1.09. The molecule has 4 aromatic rings. The van der Waals surface area contributed by atoms with Crippen LogP contribution in [-0.4, -0.2) is 23.0 Å². The second-order valence-electron chi connectivity index (χ2n) is 6.55. The molecule has 0 aliphatic carbocycles. The van der Waals surface area contributed by atoms with Crippen molar-refractivity contribution in [1.29, 1.82) is 0 Å². The molecule has 1 N–H and O–H groups in total. The summed E-state index contributed by atoms with van der Waals surface area (Å²) >= 11 is 0. The van der Waals surface area contributed by atoms with E-state index in [1.807, 2.05) is 30.3 Å². The van der Waals surface area contributed by atoms with Crippen molar-refractivity contribution < 1.29 is 19.1 Å². The summed E-state index contributed by atoms with van der Waals surface area (Å²) in [7, 11) is 0. The molecule has 0 amide bonds. The lowest BCUT2D eigenvalue weighted by molar-refractivity contribution is 0.0280. The topological polar surface area (TPSA) is 76.2 Å². The molecular formula is C24H17NO4. The van der Waals surface area contributed by atoms with Gasteiger partial charge >= 0.3 is 5.97 Å². The Bertz CT molecular complexity index is 1180. The van der Waals surface area contributed by atoms with Gasteiger partial charge in [0.05, 0.1) is 5.56 Å². The summed E-state index contributed by atoms with van der Waals surface area (Å²) in [5.41, 5.74) is 2.59. The van der Waals surface area contributed by atoms with Crippen molar-refractivity contribution in [3.8, 4) is 0 Å². The van der Waals surface area contributed by atoms with E-state index >= 15 is 0 Å². The Morgan fingerprint density at radius 2 is 1.55 bits per heavy atom. The van der Waals surface area contributed by atoms with Gasteiger partial charge in [-0.2, -0.15) is 0 Å². The predicted octanol–water partition coefficient (Wildman–Crippen LogP) is 4.76. The van der Waals surface area contributed by atoms with Gasteiger partial charge < -0.3 is 9.72 Å². The molecule has 4 rings (SSSR count). The molecule has 142 valence electrons. The SMILES string of the molecule is O=Cc1ccc(C(=O)OC(C(=O)c2c[nH]c3ccccc23)c2ccccc2)cc1. The molecule has 0 radical (unpaired) electrons. The van der Waals surface area contributed by atoms with Gasteiger partial charge in [0.2, 0.25) is 5.78 Å². The molecule has 0 aliphatic heterocycles. The zero-order valence-corrected chi connectivity index (χ0v) is 15.4. The summed E-state index contributed by atoms with van der Waals surface area (Å²) in [6, 6.07) is 22.4. The van der Waals surface area contributed by atoms with E-state index < -0.39 is 12.1 Å². The smallest absolute Gasteiger partial charge is 0.339 e. The van der Waals surface area contributed by atoms with E-state index in [9.17, 15) is 14.4 Å². The highest BCUT2D eigenvalue weighted by Crippen LogP contribution is 2.28. The van der Waals surface area contributed by atoms with Crippen LogP contribution in [0.1, 0.15) is 42.7 Å². The molecule has 1 aromatic heterocycles. The van der Waals surface area contributed by atoms with Gasteiger partial charge in [-0.25, -0.2) is 4.79 Å². The van der Waals surface area contributed by atoms with E-state index in [0.29, 0.717) is 23.0 Å². The number of ether oxygens (including phenoxy) is 1. The van der Waals surface area contributed by atoms with Crippen LogP contribution < -0.4 is 0 Å². The largest absolute Gasteiger partial charge is 0.445 e. The molecule has 5 nitrogen and oxygen atoms in total. The third-order valence-electron chi connectivity index (χ3n) is 4.70. The van der Waals surface area contributed by atoms with E-state index in [0.717, 1.165) is 10.9 Å². The first-order chi connectivity index (χ1) is 14.2. The number of para-hydroxylation sites is 1. The fraction of sp³-hybridized carbons (Fsp3) is 0.0417. The average Bonchev–Trinajstić information content (AvgIpc) is 3.22. The van der Waals surface area contributed by atoms with Gasteiger partial charge in [0.15, 0.2) is 6.10 Å². The monoisotopic (exact) mass is 383 g/mol. The Morgan fingerprint density at radius 3 is 2.28 bits per heavy atom. The van der Waals surface area contributed by atoms with Gasteiger partial charge in [0.1, 0.15) is 6.29 Å². The quantitative estimate of drug-likeness (QED) is 0.296. The maximum atomic E-state index is 13.3. The zero-order valence-electron chi connectivity index (χ0n) is 15.4. The number of H-pyrrole nitrogens is 1. The number of esters is 1. The summed E-state index contributed by atoms with van der Waals surface area (Å²) in [5.74, 6) is -0.948. The number of ketones is 1. The fourth-order valence-electron chi connectivity index (χ4n) is 3.19. The number of aromatic amines is 1. The number of Topliss-reactive ketones (excluding diaryl/α,β-unsaturated/α-hetero) is 1. The molecule has 3 aromatic carbocycles. The van der Waals surface area contributed by atoms with Gasteiger partial charge in [-0.3, -0.25) is 9.59 Å². The molecule has 1 heterocycles. The highest BCUT2D eigenvalue weighted by Gasteiger charge is 2.28. The fourth-order valence-corrected chi connectivity index (χ4v) is 3.19. The molecule has 0 saturated carbocycles. The molecule has 29 heavy (non-hydrogen) atoms. The lowest BCUT2D eigenvalue weighted by Gasteiger charge is -2.17. The molecule has 0 bridgehead atoms. The minimum absolute atomic E-state index is 0.267. The number of hydrogen-bond acceptors (Lipinski definition) is 4. The lowest BCUT2D eigenvalue weighted by Crippen LogP contribution is -2.20. The average molecular weight is 383 g/mol. The van der Waals surface area contributed by atoms with Crippen molar-refractivity contribution in [2.45, 2.75) is 6.10 Å². The van der Waals surface area contributed by atoms with Crippen LogP contribution in [0.2, 0.25) is 0 Å². The molecule has 1 atom stereocenters. The van der Waals surface area contributed by atoms with Gasteiger partial charge in [0, 0.05) is 33.8 Å². The van der Waals surface area contributed by atoms with E-state index in [1.54, 1.807) is 30.5 Å². The van der Waals surface area contributed by atoms with Crippen LogP contribution in [-0.2, 0) is 4.74 Å². The predicted molar refractivity (Wildman–Crippen MR) is 109 cm³/mol. The summed E-state index contributed by atoms with van der Waals surface area (Å²) in [6.07, 6.45) is 1.24. The Balaban J connectivity index is 1.69. The van der Waals surface area contributed by atoms with Crippen molar-refractivity contribution in [3.63, 3.8) is 0 Å². The number of hydrogen-bond donors (Lipinski definition) is 1. The summed E-state index contributed by atoms with van der Waals surface area (Å²) in [5, 5.41) is 0.768. The van der Waals surface area contributed by atoms with Crippen molar-refractivity contribution in [3.05, 3.63) is 107 Å². The number of nitrogens with one attached hydrogen (secondary N) is 1. The summed E-state index contributed by atoms with van der Waals surface area (Å²) < 4.78 is 5.64. The molecule has 0 aliphatic rings. The van der Waals surface area contributed by atoms with Gasteiger partial charge in [-0.15, -0.1) is 0 Å². The lowest BCUT2D eigenvalue weighted by atomic mass is 9.99. The molecule has 0 saturated heterocycles. The summed E-state index contributed by atoms with van der Waals surface area (Å²) in [6.45, 7) is 0. The zero-order chi connectivity index (χ0) is 20.2. The first-order valence-electron chi connectivity index (χ1n) is 9.09. The highest BCUT2D eigenvalue weighted by molar-refractivity contribution is 6.11. The maximum absolute atomic E-state index is 13.3. The molecule has 0 spiro atoms. The van der Waals surface area contributed by atoms with Gasteiger partial charge in [-0.1, -0.05) is 60.7 Å². The van der Waals surface area contributed by atoms with Crippen LogP contribution in [0.3, 0.4) is 0 Å². The van der Waals surface area contributed by atoms with Crippen LogP contribution in [0.25, 0.3) is 10.9 Å². The van der Waals surface area contributed by atoms with E-state index in [2.05, 4.69) is 4.98 Å². The summed E-state index contributed by atoms with van der Waals surface area (Å²) in [4.78, 5) is 39.9. The van der Waals surface area contributed by atoms with Crippen molar-refractivity contribution >= 4 is 28.9 Å². The second-order valence-corrected chi connectivity index (χ2v) is 6.55. The standard InChI is InChI=1S/C24H17NO4/c26-15-16-10-12-18(13-11-16)24(28)29-23(17-6-2-1-3-7-17)22(27)20-14-25-21-9-5-4-8-19(20)21/h1-15,23,25H. The highest BCUT2D eigenvalue weighted by atomic mass is 16.5. The molecular weight excluding hydrogens is 366 g/mol. The van der Waals surface area contributed by atoms with Crippen molar-refractivity contribution in [2.24, 2.45) is 0 Å². The first-order valence-corrected chi connectivity index (χ1v) is 9.09. The number of carbonyl (C=O) groups is 3. The Kier molecular flexibility index (Phi) is 5.03. The van der Waals surface area contributed by atoms with Crippen LogP contribution in [0.4, 0.5) is 0 Å². The maximum Gasteiger partial charge on any atom is 0.339 e. The number of fused-ring (bicyclic) bond motifs is 1. The second kappa shape index (κ2) is 7.94. The van der Waals surface area contributed by atoms with Gasteiger partial charge in [0.25, 0.3) is 0 Å². The third-order valence-corrected chi connectivity index (χ3v) is 4.70. The van der Waals surface area contributed by atoms with Crippen LogP contribution >= 0.6 is 0 Å². The van der Waals surface area contributed by atoms with Crippen LogP contribution in [0.5, 0.6) is 0 Å². The molecule has 0 fully saturated rings. The normalized spacial score (nSPS) is 11.7. The van der Waals surface area contributed by atoms with Crippen LogP contribution in [0, 0.1) is 0 Å². The Hall–Kier alpha value is -3.99. The van der Waals surface area contributed by atoms with Crippen molar-refractivity contribution in [1.82, 2.24) is 4.98 Å². The van der Waals surface area contributed by atoms with Crippen molar-refractivity contribution in [2.75, 3.05) is 0 Å². The molecule has 1 unspecified atom stereocenters.